The molecule has 0 bridgehead atoms. The number of rotatable bonds is 8. The van der Waals surface area contributed by atoms with Crippen LogP contribution in [0.3, 0.4) is 0 Å². The van der Waals surface area contributed by atoms with Crippen molar-refractivity contribution in [1.29, 1.82) is 0 Å². The second kappa shape index (κ2) is 11.2. The number of para-hydroxylation sites is 1. The highest BCUT2D eigenvalue weighted by Crippen LogP contribution is 2.27. The van der Waals surface area contributed by atoms with Crippen LogP contribution in [0, 0.1) is 11.7 Å². The van der Waals surface area contributed by atoms with E-state index in [1.54, 1.807) is 13.1 Å². The van der Waals surface area contributed by atoms with Gasteiger partial charge in [0.15, 0.2) is 0 Å². The van der Waals surface area contributed by atoms with E-state index in [1.807, 2.05) is 62.4 Å². The summed E-state index contributed by atoms with van der Waals surface area (Å²) in [5.74, 6) is -1.80. The van der Waals surface area contributed by atoms with E-state index in [4.69, 9.17) is 0 Å². The van der Waals surface area contributed by atoms with E-state index in [-0.39, 0.29) is 17.2 Å². The van der Waals surface area contributed by atoms with Crippen LogP contribution in [-0.2, 0) is 19.6 Å². The maximum absolute atomic E-state index is 13.5. The molecule has 0 fully saturated rings. The normalized spacial score (nSPS) is 16.4. The van der Waals surface area contributed by atoms with Crippen molar-refractivity contribution in [1.82, 2.24) is 10.0 Å². The number of likely N-dealkylation sites (N-methyl/N-ethyl adjacent to an activating group) is 1. The van der Waals surface area contributed by atoms with E-state index < -0.39 is 39.9 Å². The van der Waals surface area contributed by atoms with Gasteiger partial charge in [-0.05, 0) is 42.7 Å². The van der Waals surface area contributed by atoms with Crippen LogP contribution in [0.2, 0.25) is 0 Å². The van der Waals surface area contributed by atoms with Crippen LogP contribution in [0.1, 0.15) is 31.4 Å². The molecular formula is C28H29FN4O4S. The molecule has 38 heavy (non-hydrogen) atoms. The fourth-order valence-corrected chi connectivity index (χ4v) is 5.44. The van der Waals surface area contributed by atoms with Crippen LogP contribution < -0.4 is 14.9 Å². The van der Waals surface area contributed by atoms with E-state index in [0.717, 1.165) is 35.4 Å². The quantitative estimate of drug-likeness (QED) is 0.460. The number of nitrogens with one attached hydrogen (secondary N) is 2. The van der Waals surface area contributed by atoms with E-state index in [9.17, 15) is 22.4 Å². The minimum absolute atomic E-state index is 0.0539. The number of carbonyl (C=O) groups excluding carboxylic acids is 2. The lowest BCUT2D eigenvalue weighted by Gasteiger charge is -2.24. The van der Waals surface area contributed by atoms with Gasteiger partial charge in [-0.15, -0.1) is 0 Å². The summed E-state index contributed by atoms with van der Waals surface area (Å²) in [5, 5.41) is 2.66. The molecule has 0 aliphatic carbocycles. The zero-order valence-corrected chi connectivity index (χ0v) is 22.1. The summed E-state index contributed by atoms with van der Waals surface area (Å²) in [6.07, 6.45) is -1.13. The number of benzene rings is 3. The first-order chi connectivity index (χ1) is 18.1. The Balaban J connectivity index is 1.67. The van der Waals surface area contributed by atoms with Crippen LogP contribution >= 0.6 is 0 Å². The van der Waals surface area contributed by atoms with Crippen molar-refractivity contribution in [3.63, 3.8) is 0 Å². The van der Waals surface area contributed by atoms with Crippen LogP contribution in [0.4, 0.5) is 10.1 Å². The van der Waals surface area contributed by atoms with Gasteiger partial charge in [-0.1, -0.05) is 62.4 Å². The summed E-state index contributed by atoms with van der Waals surface area (Å²) < 4.78 is 41.7. The van der Waals surface area contributed by atoms with Gasteiger partial charge in [0.1, 0.15) is 11.9 Å². The molecule has 0 saturated carbocycles. The molecular weight excluding hydrogens is 507 g/mol. The fourth-order valence-electron chi connectivity index (χ4n) is 4.23. The predicted octanol–water partition coefficient (Wildman–Crippen LogP) is 3.48. The third kappa shape index (κ3) is 5.98. The van der Waals surface area contributed by atoms with Crippen molar-refractivity contribution in [3.05, 3.63) is 95.8 Å². The summed E-state index contributed by atoms with van der Waals surface area (Å²) in [4.78, 5) is 32.8. The molecule has 4 rings (SSSR count). The molecule has 2 unspecified atom stereocenters. The number of anilines is 1. The summed E-state index contributed by atoms with van der Waals surface area (Å²) >= 11 is 0. The Morgan fingerprint density at radius 3 is 2.29 bits per heavy atom. The maximum Gasteiger partial charge on any atom is 0.272 e. The molecule has 1 aliphatic rings. The Kier molecular flexibility index (Phi) is 8.03. The van der Waals surface area contributed by atoms with Gasteiger partial charge in [0.25, 0.3) is 5.91 Å². The van der Waals surface area contributed by atoms with Crippen molar-refractivity contribution in [2.24, 2.45) is 10.9 Å². The fraction of sp³-hybridized carbons (Fsp3) is 0.250. The van der Waals surface area contributed by atoms with Crippen molar-refractivity contribution in [2.75, 3.05) is 11.9 Å². The topological polar surface area (TPSA) is 108 Å². The number of hydrogen-bond acceptors (Lipinski definition) is 5. The zero-order chi connectivity index (χ0) is 27.4. The van der Waals surface area contributed by atoms with Crippen molar-refractivity contribution in [3.8, 4) is 0 Å². The molecule has 1 aliphatic heterocycles. The number of aliphatic imine (C=N–C) groups is 1. The lowest BCUT2D eigenvalue weighted by Crippen LogP contribution is -2.53. The van der Waals surface area contributed by atoms with Crippen LogP contribution in [-0.4, -0.2) is 45.2 Å². The standard InChI is InChI=1S/C28H29FN4O4S/c1-18(2)17-23(32-38(36,37)21-15-13-20(29)14-16-21)27(34)31-26-28(35)33(3)24-12-8-7-11-22(24)25(30-26)19-9-5-4-6-10-19/h4-16,18,23,26,32H,17H2,1-3H3,(H,31,34). The Hall–Kier alpha value is -3.89. The Labute approximate surface area is 221 Å². The molecule has 0 radical (unpaired) electrons. The molecule has 2 amide bonds. The molecule has 198 valence electrons. The molecule has 0 spiro atoms. The minimum atomic E-state index is -4.15. The largest absolute Gasteiger partial charge is 0.325 e. The maximum atomic E-state index is 13.5. The van der Waals surface area contributed by atoms with E-state index in [2.05, 4.69) is 15.0 Å². The van der Waals surface area contributed by atoms with Crippen molar-refractivity contribution < 1.29 is 22.4 Å². The number of halogens is 1. The van der Waals surface area contributed by atoms with Gasteiger partial charge in [0, 0.05) is 18.2 Å². The molecule has 1 heterocycles. The number of nitrogens with zero attached hydrogens (tertiary/aromatic N) is 2. The van der Waals surface area contributed by atoms with Gasteiger partial charge in [-0.25, -0.2) is 17.8 Å². The first kappa shape index (κ1) is 27.2. The number of hydrogen-bond donors (Lipinski definition) is 2. The van der Waals surface area contributed by atoms with Gasteiger partial charge >= 0.3 is 0 Å². The Morgan fingerprint density at radius 1 is 1.00 bits per heavy atom. The average molecular weight is 537 g/mol. The number of amides is 2. The Morgan fingerprint density at radius 2 is 1.63 bits per heavy atom. The number of sulfonamides is 1. The molecule has 2 N–H and O–H groups in total. The van der Waals surface area contributed by atoms with Gasteiger partial charge in [0.2, 0.25) is 22.1 Å². The zero-order valence-electron chi connectivity index (χ0n) is 21.3. The molecule has 0 saturated heterocycles. The van der Waals surface area contributed by atoms with E-state index in [1.165, 1.54) is 4.90 Å². The van der Waals surface area contributed by atoms with Gasteiger partial charge in [0.05, 0.1) is 16.3 Å². The van der Waals surface area contributed by atoms with E-state index >= 15 is 0 Å². The number of fused-ring (bicyclic) bond motifs is 1. The summed E-state index contributed by atoms with van der Waals surface area (Å²) in [5.41, 5.74) is 2.64. The highest BCUT2D eigenvalue weighted by Gasteiger charge is 2.34. The second-order valence-corrected chi connectivity index (χ2v) is 11.1. The number of carbonyl (C=O) groups is 2. The van der Waals surface area contributed by atoms with E-state index in [0.29, 0.717) is 11.4 Å². The highest BCUT2D eigenvalue weighted by molar-refractivity contribution is 7.89. The average Bonchev–Trinajstić information content (AvgIpc) is 2.99. The lowest BCUT2D eigenvalue weighted by molar-refractivity contribution is -0.128. The SMILES string of the molecule is CC(C)CC(NS(=O)(=O)c1ccc(F)cc1)C(=O)NC1N=C(c2ccccc2)c2ccccc2N(C)C1=O. The molecule has 3 aromatic carbocycles. The smallest absolute Gasteiger partial charge is 0.272 e. The lowest BCUT2D eigenvalue weighted by atomic mass is 10.0. The second-order valence-electron chi connectivity index (χ2n) is 9.43. The monoisotopic (exact) mass is 536 g/mol. The van der Waals surface area contributed by atoms with Gasteiger partial charge in [-0.3, -0.25) is 9.59 Å². The van der Waals surface area contributed by atoms with Crippen LogP contribution in [0.5, 0.6) is 0 Å². The summed E-state index contributed by atoms with van der Waals surface area (Å²) in [6, 6.07) is 19.7. The minimum Gasteiger partial charge on any atom is -0.325 e. The third-order valence-electron chi connectivity index (χ3n) is 6.11. The third-order valence-corrected chi connectivity index (χ3v) is 7.60. The van der Waals surface area contributed by atoms with Gasteiger partial charge in [-0.2, -0.15) is 4.72 Å². The van der Waals surface area contributed by atoms with Crippen LogP contribution in [0.25, 0.3) is 0 Å². The molecule has 0 aromatic heterocycles. The first-order valence-corrected chi connectivity index (χ1v) is 13.6. The molecule has 2 atom stereocenters. The van der Waals surface area contributed by atoms with Crippen LogP contribution in [0.15, 0.2) is 88.8 Å². The summed E-state index contributed by atoms with van der Waals surface area (Å²) in [7, 11) is -2.54. The Bertz CT molecular complexity index is 1460. The summed E-state index contributed by atoms with van der Waals surface area (Å²) in [6.45, 7) is 3.69. The molecule has 10 heteroatoms. The number of benzodiazepines with no additional fused rings is 1. The van der Waals surface area contributed by atoms with Crippen molar-refractivity contribution in [2.45, 2.75) is 37.4 Å². The molecule has 3 aromatic rings. The molecule has 8 nitrogen and oxygen atoms in total. The van der Waals surface area contributed by atoms with Crippen molar-refractivity contribution >= 4 is 33.2 Å². The highest BCUT2D eigenvalue weighted by atomic mass is 32.2. The first-order valence-electron chi connectivity index (χ1n) is 12.2. The predicted molar refractivity (Wildman–Crippen MR) is 144 cm³/mol. The van der Waals surface area contributed by atoms with Gasteiger partial charge < -0.3 is 10.2 Å².